The third-order valence-corrected chi connectivity index (χ3v) is 2.22. The molecule has 0 aromatic carbocycles. The predicted octanol–water partition coefficient (Wildman–Crippen LogP) is -0.117. The van der Waals surface area contributed by atoms with Crippen LogP contribution < -0.4 is 0 Å². The van der Waals surface area contributed by atoms with Gasteiger partial charge < -0.3 is 9.74 Å². The van der Waals surface area contributed by atoms with E-state index in [0.717, 1.165) is 6.92 Å². The minimum atomic E-state index is -2.27. The average molecular weight is 246 g/mol. The van der Waals surface area contributed by atoms with Crippen molar-refractivity contribution < 1.29 is 23.6 Å². The monoisotopic (exact) mass is 246 g/mol. The second-order valence-electron chi connectivity index (χ2n) is 4.40. The van der Waals surface area contributed by atoms with Gasteiger partial charge in [-0.25, -0.2) is 9.18 Å². The molecule has 7 heteroatoms. The number of amides is 2. The third kappa shape index (κ3) is 3.23. The van der Waals surface area contributed by atoms with Crippen molar-refractivity contribution in [3.05, 3.63) is 0 Å². The number of carbonyl (C=O) groups is 3. The van der Waals surface area contributed by atoms with Crippen molar-refractivity contribution in [3.63, 3.8) is 0 Å². The summed E-state index contributed by atoms with van der Waals surface area (Å²) in [6, 6.07) is 0. The van der Waals surface area contributed by atoms with E-state index in [4.69, 9.17) is 0 Å². The molecule has 0 aromatic heterocycles. The molecule has 96 valence electrons. The average Bonchev–Trinajstić information content (AvgIpc) is 2.47. The molecule has 1 atom stereocenters. The van der Waals surface area contributed by atoms with E-state index < -0.39 is 23.5 Å². The van der Waals surface area contributed by atoms with Gasteiger partial charge in [0.2, 0.25) is 5.67 Å². The van der Waals surface area contributed by atoms with Crippen LogP contribution in [0.3, 0.4) is 0 Å². The molecule has 0 saturated carbocycles. The van der Waals surface area contributed by atoms with E-state index in [1.165, 1.54) is 4.90 Å². The van der Waals surface area contributed by atoms with Crippen molar-refractivity contribution in [2.45, 2.75) is 25.4 Å². The summed E-state index contributed by atoms with van der Waals surface area (Å²) in [5, 5.41) is 0.343. The molecule has 0 spiro atoms. The minimum Gasteiger partial charge on any atom is -0.327 e. The number of carbonyl (C=O) groups excluding carboxylic acids is 3. The van der Waals surface area contributed by atoms with Crippen molar-refractivity contribution in [1.82, 2.24) is 9.96 Å². The van der Waals surface area contributed by atoms with Gasteiger partial charge in [-0.2, -0.15) is 0 Å². The highest BCUT2D eigenvalue weighted by Crippen LogP contribution is 2.18. The van der Waals surface area contributed by atoms with Crippen LogP contribution in [0.1, 0.15) is 19.8 Å². The Morgan fingerprint density at radius 3 is 2.29 bits per heavy atom. The second-order valence-corrected chi connectivity index (χ2v) is 4.40. The van der Waals surface area contributed by atoms with Gasteiger partial charge in [-0.1, -0.05) is 0 Å². The van der Waals surface area contributed by atoms with Crippen molar-refractivity contribution in [3.8, 4) is 0 Å². The number of hydroxylamine groups is 2. The first-order chi connectivity index (χ1) is 7.74. The molecule has 1 saturated heterocycles. The summed E-state index contributed by atoms with van der Waals surface area (Å²) in [5.41, 5.74) is -2.27. The molecular formula is C10H15FN2O4. The van der Waals surface area contributed by atoms with Gasteiger partial charge in [0.1, 0.15) is 0 Å². The van der Waals surface area contributed by atoms with Crippen molar-refractivity contribution in [1.29, 1.82) is 0 Å². The van der Waals surface area contributed by atoms with Crippen molar-refractivity contribution >= 4 is 17.8 Å². The van der Waals surface area contributed by atoms with Crippen molar-refractivity contribution in [2.24, 2.45) is 0 Å². The molecule has 0 aromatic rings. The van der Waals surface area contributed by atoms with Crippen LogP contribution in [0.4, 0.5) is 4.39 Å². The summed E-state index contributed by atoms with van der Waals surface area (Å²) >= 11 is 0. The lowest BCUT2D eigenvalue weighted by Gasteiger charge is -2.23. The molecular weight excluding hydrogens is 231 g/mol. The molecule has 0 aliphatic carbocycles. The zero-order chi connectivity index (χ0) is 13.2. The fourth-order valence-corrected chi connectivity index (χ4v) is 1.49. The highest BCUT2D eigenvalue weighted by atomic mass is 19.1. The fourth-order valence-electron chi connectivity index (χ4n) is 1.49. The summed E-state index contributed by atoms with van der Waals surface area (Å²) in [7, 11) is 3.19. The zero-order valence-corrected chi connectivity index (χ0v) is 10.0. The summed E-state index contributed by atoms with van der Waals surface area (Å²) in [4.78, 5) is 39.8. The molecule has 1 aliphatic heterocycles. The number of imide groups is 1. The highest BCUT2D eigenvalue weighted by molar-refractivity contribution is 6.01. The molecule has 1 rings (SSSR count). The summed E-state index contributed by atoms with van der Waals surface area (Å²) in [6.45, 7) is 0.850. The molecule has 0 radical (unpaired) electrons. The number of halogens is 1. The van der Waals surface area contributed by atoms with Gasteiger partial charge in [0.25, 0.3) is 11.8 Å². The number of alkyl halides is 1. The number of rotatable bonds is 4. The van der Waals surface area contributed by atoms with Gasteiger partial charge in [0, 0.05) is 19.4 Å². The number of nitrogens with zero attached hydrogens (tertiary/aromatic N) is 2. The maximum Gasteiger partial charge on any atom is 0.371 e. The lowest BCUT2D eigenvalue weighted by molar-refractivity contribution is -0.206. The van der Waals surface area contributed by atoms with Gasteiger partial charge >= 0.3 is 5.97 Å². The lowest BCUT2D eigenvalue weighted by Crippen LogP contribution is -2.45. The van der Waals surface area contributed by atoms with E-state index >= 15 is 0 Å². The van der Waals surface area contributed by atoms with Crippen LogP contribution in [0.5, 0.6) is 0 Å². The third-order valence-electron chi connectivity index (χ3n) is 2.22. The first-order valence-corrected chi connectivity index (χ1v) is 5.16. The first kappa shape index (κ1) is 13.6. The SMILES string of the molecule is CN(C)CC(C)(F)C(=O)ON1C(=O)CCC1=O. The maximum absolute atomic E-state index is 13.9. The minimum absolute atomic E-state index is 0.0111. The molecule has 0 N–H and O–H groups in total. The Kier molecular flexibility index (Phi) is 3.82. The van der Waals surface area contributed by atoms with E-state index in [9.17, 15) is 18.8 Å². The molecule has 1 unspecified atom stereocenters. The topological polar surface area (TPSA) is 66.9 Å². The van der Waals surface area contributed by atoms with Gasteiger partial charge in [-0.15, -0.1) is 5.06 Å². The Labute approximate surface area is 98.3 Å². The summed E-state index contributed by atoms with van der Waals surface area (Å²) in [5.74, 6) is -2.48. The van der Waals surface area contributed by atoms with E-state index in [0.29, 0.717) is 5.06 Å². The smallest absolute Gasteiger partial charge is 0.327 e. The van der Waals surface area contributed by atoms with Crippen LogP contribution in [-0.4, -0.2) is 54.1 Å². The number of hydrogen-bond acceptors (Lipinski definition) is 5. The predicted molar refractivity (Wildman–Crippen MR) is 55.2 cm³/mol. The van der Waals surface area contributed by atoms with E-state index in [1.54, 1.807) is 14.1 Å². The van der Waals surface area contributed by atoms with Crippen LogP contribution in [0.2, 0.25) is 0 Å². The van der Waals surface area contributed by atoms with E-state index in [1.807, 2.05) is 0 Å². The molecule has 1 fully saturated rings. The molecule has 2 amide bonds. The highest BCUT2D eigenvalue weighted by Gasteiger charge is 2.41. The van der Waals surface area contributed by atoms with E-state index in [2.05, 4.69) is 4.84 Å². The Morgan fingerprint density at radius 1 is 1.41 bits per heavy atom. The second kappa shape index (κ2) is 4.79. The Hall–Kier alpha value is -1.50. The molecule has 0 bridgehead atoms. The van der Waals surface area contributed by atoms with Gasteiger partial charge in [-0.3, -0.25) is 9.59 Å². The largest absolute Gasteiger partial charge is 0.371 e. The molecule has 17 heavy (non-hydrogen) atoms. The zero-order valence-electron chi connectivity index (χ0n) is 10.0. The lowest BCUT2D eigenvalue weighted by atomic mass is 10.1. The fraction of sp³-hybridized carbons (Fsp3) is 0.700. The Bertz CT molecular complexity index is 338. The Morgan fingerprint density at radius 2 is 1.88 bits per heavy atom. The molecule has 1 heterocycles. The van der Waals surface area contributed by atoms with Crippen LogP contribution >= 0.6 is 0 Å². The van der Waals surface area contributed by atoms with Crippen LogP contribution in [0.15, 0.2) is 0 Å². The summed E-state index contributed by atoms with van der Waals surface area (Å²) in [6.07, 6.45) is -0.0222. The normalized spacial score (nSPS) is 19.7. The first-order valence-electron chi connectivity index (χ1n) is 5.16. The summed E-state index contributed by atoms with van der Waals surface area (Å²) < 4.78 is 13.9. The van der Waals surface area contributed by atoms with Crippen molar-refractivity contribution in [2.75, 3.05) is 20.6 Å². The molecule has 1 aliphatic rings. The maximum atomic E-state index is 13.9. The quantitative estimate of drug-likeness (QED) is 0.647. The number of hydrogen-bond donors (Lipinski definition) is 0. The van der Waals surface area contributed by atoms with Crippen LogP contribution in [0.25, 0.3) is 0 Å². The standard InChI is InChI=1S/C10H15FN2O4/c1-10(11,6-12(2)3)9(16)17-13-7(14)4-5-8(13)15/h4-6H2,1-3H3. The van der Waals surface area contributed by atoms with Gasteiger partial charge in [0.05, 0.1) is 0 Å². The van der Waals surface area contributed by atoms with Gasteiger partial charge in [-0.05, 0) is 21.0 Å². The van der Waals surface area contributed by atoms with E-state index in [-0.39, 0.29) is 19.4 Å². The Balaban J connectivity index is 2.65. The van der Waals surface area contributed by atoms with Crippen LogP contribution in [0, 0.1) is 0 Å². The van der Waals surface area contributed by atoms with Gasteiger partial charge in [0.15, 0.2) is 0 Å². The van der Waals surface area contributed by atoms with Crippen LogP contribution in [-0.2, 0) is 19.2 Å². The molecule has 6 nitrogen and oxygen atoms in total.